The molecule has 2 saturated heterocycles. The molecule has 5 nitrogen and oxygen atoms in total. The van der Waals surface area contributed by atoms with Crippen molar-refractivity contribution in [2.75, 3.05) is 30.3 Å². The van der Waals surface area contributed by atoms with Gasteiger partial charge in [0, 0.05) is 36.9 Å². The van der Waals surface area contributed by atoms with Crippen LogP contribution in [0.25, 0.3) is 0 Å². The fourth-order valence-electron chi connectivity index (χ4n) is 3.39. The van der Waals surface area contributed by atoms with Crippen molar-refractivity contribution < 1.29 is 0 Å². The SMILES string of the molecule is Cc1cc(N2CC3CCCCN3CC2C)nc(N)n1. The first kappa shape index (κ1) is 12.7. The standard InChI is InChI=1S/C14H23N5/c1-10-7-13(17-14(15)16-10)19-9-12-5-3-4-6-18(12)8-11(19)2/h7,11-12H,3-6,8-9H2,1-2H3,(H2,15,16,17). The Morgan fingerprint density at radius 1 is 1.26 bits per heavy atom. The maximum Gasteiger partial charge on any atom is 0.222 e. The normalized spacial score (nSPS) is 28.2. The molecule has 3 heterocycles. The summed E-state index contributed by atoms with van der Waals surface area (Å²) < 4.78 is 0. The van der Waals surface area contributed by atoms with Gasteiger partial charge in [-0.1, -0.05) is 6.42 Å². The van der Waals surface area contributed by atoms with Crippen molar-refractivity contribution in [2.45, 2.75) is 45.2 Å². The lowest BCUT2D eigenvalue weighted by atomic mass is 9.97. The average Bonchev–Trinajstić information content (AvgIpc) is 2.36. The number of fused-ring (bicyclic) bond motifs is 1. The van der Waals surface area contributed by atoms with Crippen LogP contribution in [0.2, 0.25) is 0 Å². The predicted octanol–water partition coefficient (Wildman–Crippen LogP) is 1.43. The van der Waals surface area contributed by atoms with Gasteiger partial charge in [0.05, 0.1) is 0 Å². The highest BCUT2D eigenvalue weighted by atomic mass is 15.3. The Labute approximate surface area is 114 Å². The van der Waals surface area contributed by atoms with Gasteiger partial charge < -0.3 is 10.6 Å². The molecule has 0 bridgehead atoms. The minimum atomic E-state index is 0.383. The highest BCUT2D eigenvalue weighted by molar-refractivity contribution is 5.45. The first-order valence-corrected chi connectivity index (χ1v) is 7.25. The first-order valence-electron chi connectivity index (χ1n) is 7.25. The number of hydrogen-bond donors (Lipinski definition) is 1. The van der Waals surface area contributed by atoms with Crippen LogP contribution in [0, 0.1) is 6.92 Å². The molecule has 2 unspecified atom stereocenters. The molecule has 0 spiro atoms. The molecule has 0 radical (unpaired) electrons. The predicted molar refractivity (Wildman–Crippen MR) is 77.2 cm³/mol. The summed E-state index contributed by atoms with van der Waals surface area (Å²) in [4.78, 5) is 13.6. The summed E-state index contributed by atoms with van der Waals surface area (Å²) in [6.07, 6.45) is 4.01. The Morgan fingerprint density at radius 2 is 2.11 bits per heavy atom. The summed E-state index contributed by atoms with van der Waals surface area (Å²) in [5, 5.41) is 0. The first-order chi connectivity index (χ1) is 9.13. The van der Waals surface area contributed by atoms with Gasteiger partial charge in [-0.25, -0.2) is 4.98 Å². The molecule has 2 atom stereocenters. The average molecular weight is 261 g/mol. The number of rotatable bonds is 1. The molecule has 2 N–H and O–H groups in total. The smallest absolute Gasteiger partial charge is 0.222 e. The number of aromatic nitrogens is 2. The van der Waals surface area contributed by atoms with Crippen molar-refractivity contribution in [2.24, 2.45) is 0 Å². The Morgan fingerprint density at radius 3 is 2.89 bits per heavy atom. The van der Waals surface area contributed by atoms with Crippen LogP contribution >= 0.6 is 0 Å². The van der Waals surface area contributed by atoms with Gasteiger partial charge in [-0.05, 0) is 33.2 Å². The number of aryl methyl sites for hydroxylation is 1. The molecule has 0 aromatic carbocycles. The van der Waals surface area contributed by atoms with E-state index < -0.39 is 0 Å². The van der Waals surface area contributed by atoms with Gasteiger partial charge in [-0.3, -0.25) is 4.90 Å². The van der Waals surface area contributed by atoms with Gasteiger partial charge in [-0.15, -0.1) is 0 Å². The highest BCUT2D eigenvalue weighted by Crippen LogP contribution is 2.27. The van der Waals surface area contributed by atoms with E-state index in [0.717, 1.165) is 24.6 Å². The number of nitrogen functional groups attached to an aromatic ring is 1. The van der Waals surface area contributed by atoms with Crippen LogP contribution in [0.4, 0.5) is 11.8 Å². The minimum Gasteiger partial charge on any atom is -0.368 e. The van der Waals surface area contributed by atoms with Crippen LogP contribution in [-0.4, -0.2) is 46.6 Å². The molecule has 2 aliphatic heterocycles. The summed E-state index contributed by atoms with van der Waals surface area (Å²) in [6, 6.07) is 3.22. The van der Waals surface area contributed by atoms with Crippen LogP contribution in [0.5, 0.6) is 0 Å². The second-order valence-corrected chi connectivity index (χ2v) is 5.87. The Hall–Kier alpha value is -1.36. The number of piperidine rings is 1. The Bertz CT molecular complexity index is 441. The largest absolute Gasteiger partial charge is 0.368 e. The van der Waals surface area contributed by atoms with E-state index in [-0.39, 0.29) is 0 Å². The third-order valence-electron chi connectivity index (χ3n) is 4.34. The van der Waals surface area contributed by atoms with Crippen molar-refractivity contribution in [3.8, 4) is 0 Å². The highest BCUT2D eigenvalue weighted by Gasteiger charge is 2.33. The maximum atomic E-state index is 5.78. The molecule has 5 heteroatoms. The molecule has 3 rings (SSSR count). The van der Waals surface area contributed by atoms with E-state index in [4.69, 9.17) is 5.73 Å². The van der Waals surface area contributed by atoms with E-state index in [0.29, 0.717) is 18.0 Å². The zero-order chi connectivity index (χ0) is 13.4. The topological polar surface area (TPSA) is 58.3 Å². The number of nitrogens with two attached hydrogens (primary N) is 1. The van der Waals surface area contributed by atoms with E-state index in [1.165, 1.54) is 25.8 Å². The van der Waals surface area contributed by atoms with Gasteiger partial charge in [0.1, 0.15) is 5.82 Å². The van der Waals surface area contributed by atoms with Crippen molar-refractivity contribution in [1.29, 1.82) is 0 Å². The second kappa shape index (κ2) is 4.96. The summed E-state index contributed by atoms with van der Waals surface area (Å²) in [5.41, 5.74) is 6.73. The van der Waals surface area contributed by atoms with Gasteiger partial charge in [-0.2, -0.15) is 4.98 Å². The van der Waals surface area contributed by atoms with Crippen LogP contribution in [0.3, 0.4) is 0 Å². The summed E-state index contributed by atoms with van der Waals surface area (Å²) >= 11 is 0. The number of piperazine rings is 1. The summed E-state index contributed by atoms with van der Waals surface area (Å²) in [7, 11) is 0. The molecule has 0 saturated carbocycles. The van der Waals surface area contributed by atoms with Crippen LogP contribution in [0.1, 0.15) is 31.9 Å². The van der Waals surface area contributed by atoms with Gasteiger partial charge in [0.15, 0.2) is 0 Å². The van der Waals surface area contributed by atoms with Gasteiger partial charge in [0.25, 0.3) is 0 Å². The molecule has 1 aromatic rings. The molecule has 104 valence electrons. The van der Waals surface area contributed by atoms with Gasteiger partial charge in [0.2, 0.25) is 5.95 Å². The van der Waals surface area contributed by atoms with E-state index in [1.54, 1.807) is 0 Å². The molecule has 19 heavy (non-hydrogen) atoms. The van der Waals surface area contributed by atoms with Crippen LogP contribution < -0.4 is 10.6 Å². The number of nitrogens with zero attached hydrogens (tertiary/aromatic N) is 4. The molecular formula is C14H23N5. The zero-order valence-corrected chi connectivity index (χ0v) is 11.8. The summed E-state index contributed by atoms with van der Waals surface area (Å²) in [6.45, 7) is 7.71. The van der Waals surface area contributed by atoms with Crippen molar-refractivity contribution >= 4 is 11.8 Å². The van der Waals surface area contributed by atoms with Crippen LogP contribution in [0.15, 0.2) is 6.07 Å². The molecule has 0 amide bonds. The number of hydrogen-bond acceptors (Lipinski definition) is 5. The van der Waals surface area contributed by atoms with Crippen molar-refractivity contribution in [3.05, 3.63) is 11.8 Å². The Balaban J connectivity index is 1.83. The lowest BCUT2D eigenvalue weighted by Gasteiger charge is -2.48. The number of anilines is 2. The van der Waals surface area contributed by atoms with Gasteiger partial charge >= 0.3 is 0 Å². The van der Waals surface area contributed by atoms with Crippen LogP contribution in [-0.2, 0) is 0 Å². The van der Waals surface area contributed by atoms with Crippen molar-refractivity contribution in [1.82, 2.24) is 14.9 Å². The molecule has 0 aliphatic carbocycles. The monoisotopic (exact) mass is 261 g/mol. The maximum absolute atomic E-state index is 5.78. The molecular weight excluding hydrogens is 238 g/mol. The lowest BCUT2D eigenvalue weighted by Crippen LogP contribution is -2.59. The fraction of sp³-hybridized carbons (Fsp3) is 0.714. The third kappa shape index (κ3) is 2.52. The molecule has 1 aromatic heterocycles. The van der Waals surface area contributed by atoms with E-state index in [2.05, 4.69) is 26.7 Å². The van der Waals surface area contributed by atoms with E-state index in [1.807, 2.05) is 13.0 Å². The van der Waals surface area contributed by atoms with Crippen molar-refractivity contribution in [3.63, 3.8) is 0 Å². The molecule has 2 aliphatic rings. The Kier molecular flexibility index (Phi) is 3.31. The molecule has 2 fully saturated rings. The minimum absolute atomic E-state index is 0.383. The van der Waals surface area contributed by atoms with E-state index >= 15 is 0 Å². The quantitative estimate of drug-likeness (QED) is 0.828. The van der Waals surface area contributed by atoms with E-state index in [9.17, 15) is 0 Å². The third-order valence-corrected chi connectivity index (χ3v) is 4.34. The lowest BCUT2D eigenvalue weighted by molar-refractivity contribution is 0.115. The zero-order valence-electron chi connectivity index (χ0n) is 11.8. The second-order valence-electron chi connectivity index (χ2n) is 5.87. The summed E-state index contributed by atoms with van der Waals surface area (Å²) in [5.74, 6) is 1.37. The fourth-order valence-corrected chi connectivity index (χ4v) is 3.39.